The quantitative estimate of drug-likeness (QED) is 0.816. The summed E-state index contributed by atoms with van der Waals surface area (Å²) in [4.78, 5) is 11.8. The summed E-state index contributed by atoms with van der Waals surface area (Å²) in [5.41, 5.74) is 6.52. The first kappa shape index (κ1) is 14.8. The van der Waals surface area contributed by atoms with Crippen LogP contribution in [0.25, 0.3) is 0 Å². The lowest BCUT2D eigenvalue weighted by Crippen LogP contribution is -2.35. The maximum Gasteiger partial charge on any atom is 0.257 e. The van der Waals surface area contributed by atoms with E-state index in [-0.39, 0.29) is 12.5 Å². The second-order valence-corrected chi connectivity index (χ2v) is 4.99. The van der Waals surface area contributed by atoms with Crippen molar-refractivity contribution < 1.29 is 14.3 Å². The molecule has 2 rings (SSSR count). The first-order chi connectivity index (χ1) is 9.79. The first-order valence-electron chi connectivity index (χ1n) is 7.05. The summed E-state index contributed by atoms with van der Waals surface area (Å²) in [5, 5.41) is 2.88. The normalized spacial score (nSPS) is 18.6. The number of carbonyl (C=O) groups excluding carboxylic acids is 1. The van der Waals surface area contributed by atoms with E-state index in [1.54, 1.807) is 0 Å². The molecule has 5 heteroatoms. The number of carbonyl (C=O) groups is 1. The number of rotatable bonds is 6. The summed E-state index contributed by atoms with van der Waals surface area (Å²) < 4.78 is 10.9. The van der Waals surface area contributed by atoms with Crippen LogP contribution in [0.2, 0.25) is 0 Å². The van der Waals surface area contributed by atoms with E-state index in [0.29, 0.717) is 24.8 Å². The highest BCUT2D eigenvalue weighted by Crippen LogP contribution is 2.16. The van der Waals surface area contributed by atoms with Gasteiger partial charge in [-0.15, -0.1) is 0 Å². The molecule has 1 aromatic carbocycles. The molecule has 20 heavy (non-hydrogen) atoms. The van der Waals surface area contributed by atoms with Crippen LogP contribution in [0.5, 0.6) is 5.75 Å². The average Bonchev–Trinajstić information content (AvgIpc) is 2.52. The van der Waals surface area contributed by atoms with Crippen molar-refractivity contribution in [1.82, 2.24) is 5.32 Å². The number of nitrogens with one attached hydrogen (secondary N) is 1. The van der Waals surface area contributed by atoms with Crippen molar-refractivity contribution in [2.45, 2.75) is 19.4 Å². The zero-order valence-electron chi connectivity index (χ0n) is 11.6. The van der Waals surface area contributed by atoms with Crippen molar-refractivity contribution in [1.29, 1.82) is 0 Å². The van der Waals surface area contributed by atoms with Gasteiger partial charge in [-0.25, -0.2) is 0 Å². The van der Waals surface area contributed by atoms with Crippen LogP contribution in [0.4, 0.5) is 0 Å². The zero-order valence-corrected chi connectivity index (χ0v) is 11.6. The maximum absolute atomic E-state index is 11.8. The molecule has 1 saturated heterocycles. The molecule has 0 radical (unpaired) electrons. The summed E-state index contributed by atoms with van der Waals surface area (Å²) in [6, 6.07) is 7.49. The Hall–Kier alpha value is -1.59. The molecule has 0 saturated carbocycles. The third-order valence-electron chi connectivity index (χ3n) is 3.39. The van der Waals surface area contributed by atoms with Crippen LogP contribution in [0.15, 0.2) is 24.3 Å². The molecule has 0 aliphatic carbocycles. The highest BCUT2D eigenvalue weighted by atomic mass is 16.5. The van der Waals surface area contributed by atoms with Gasteiger partial charge in [0, 0.05) is 25.3 Å². The number of para-hydroxylation sites is 1. The van der Waals surface area contributed by atoms with E-state index in [0.717, 1.165) is 31.6 Å². The average molecular weight is 278 g/mol. The molecule has 1 atom stereocenters. The fraction of sp³-hybridized carbons (Fsp3) is 0.533. The molecule has 1 amide bonds. The van der Waals surface area contributed by atoms with Crippen LogP contribution in [0.1, 0.15) is 18.4 Å². The van der Waals surface area contributed by atoms with Crippen LogP contribution >= 0.6 is 0 Å². The highest BCUT2D eigenvalue weighted by Gasteiger charge is 2.15. The predicted molar refractivity (Wildman–Crippen MR) is 76.4 cm³/mol. The standard InChI is InChI=1S/C15H22N2O3/c16-8-13-5-1-2-6-14(13)20-11-15(18)17-9-12-4-3-7-19-10-12/h1-2,5-6,12H,3-4,7-11,16H2,(H,17,18). The lowest BCUT2D eigenvalue weighted by atomic mass is 10.0. The Morgan fingerprint density at radius 3 is 3.05 bits per heavy atom. The molecule has 1 aliphatic heterocycles. The lowest BCUT2D eigenvalue weighted by Gasteiger charge is -2.22. The van der Waals surface area contributed by atoms with Crippen molar-refractivity contribution in [2.75, 3.05) is 26.4 Å². The fourth-order valence-electron chi connectivity index (χ4n) is 2.23. The SMILES string of the molecule is NCc1ccccc1OCC(=O)NCC1CCCOC1. The Balaban J connectivity index is 1.71. The largest absolute Gasteiger partial charge is 0.483 e. The number of amides is 1. The Bertz CT molecular complexity index is 431. The van der Waals surface area contributed by atoms with E-state index >= 15 is 0 Å². The molecule has 110 valence electrons. The van der Waals surface area contributed by atoms with Gasteiger partial charge in [0.2, 0.25) is 0 Å². The molecule has 1 unspecified atom stereocenters. The molecule has 1 aliphatic rings. The van der Waals surface area contributed by atoms with Gasteiger partial charge in [0.25, 0.3) is 5.91 Å². The summed E-state index contributed by atoms with van der Waals surface area (Å²) in [7, 11) is 0. The number of benzene rings is 1. The van der Waals surface area contributed by atoms with Gasteiger partial charge in [-0.1, -0.05) is 18.2 Å². The topological polar surface area (TPSA) is 73.6 Å². The predicted octanol–water partition coefficient (Wildman–Crippen LogP) is 1.07. The first-order valence-corrected chi connectivity index (χ1v) is 7.05. The van der Waals surface area contributed by atoms with Crippen LogP contribution < -0.4 is 15.8 Å². The van der Waals surface area contributed by atoms with Crippen LogP contribution in [-0.2, 0) is 16.1 Å². The number of hydrogen-bond donors (Lipinski definition) is 2. The Labute approximate surface area is 119 Å². The molecular weight excluding hydrogens is 256 g/mol. The highest BCUT2D eigenvalue weighted by molar-refractivity contribution is 5.77. The van der Waals surface area contributed by atoms with E-state index < -0.39 is 0 Å². The zero-order chi connectivity index (χ0) is 14.2. The number of hydrogen-bond acceptors (Lipinski definition) is 4. The Morgan fingerprint density at radius 1 is 1.45 bits per heavy atom. The number of ether oxygens (including phenoxy) is 2. The monoisotopic (exact) mass is 278 g/mol. The molecule has 5 nitrogen and oxygen atoms in total. The minimum atomic E-state index is -0.109. The molecule has 1 heterocycles. The van der Waals surface area contributed by atoms with E-state index in [1.165, 1.54) is 0 Å². The van der Waals surface area contributed by atoms with Crippen LogP contribution in [-0.4, -0.2) is 32.3 Å². The fourth-order valence-corrected chi connectivity index (χ4v) is 2.23. The van der Waals surface area contributed by atoms with Crippen molar-refractivity contribution in [2.24, 2.45) is 11.7 Å². The van der Waals surface area contributed by atoms with Crippen LogP contribution in [0.3, 0.4) is 0 Å². The molecule has 0 aromatic heterocycles. The third-order valence-corrected chi connectivity index (χ3v) is 3.39. The molecule has 3 N–H and O–H groups in total. The van der Waals surface area contributed by atoms with E-state index in [1.807, 2.05) is 24.3 Å². The summed E-state index contributed by atoms with van der Waals surface area (Å²) in [5.74, 6) is 0.984. The minimum Gasteiger partial charge on any atom is -0.483 e. The van der Waals surface area contributed by atoms with Gasteiger partial charge in [-0.2, -0.15) is 0 Å². The van der Waals surface area contributed by atoms with E-state index in [4.69, 9.17) is 15.2 Å². The van der Waals surface area contributed by atoms with Crippen LogP contribution in [0, 0.1) is 5.92 Å². The summed E-state index contributed by atoms with van der Waals surface area (Å²) >= 11 is 0. The van der Waals surface area contributed by atoms with Gasteiger partial charge >= 0.3 is 0 Å². The third kappa shape index (κ3) is 4.51. The van der Waals surface area contributed by atoms with Crippen molar-refractivity contribution in [3.05, 3.63) is 29.8 Å². The molecule has 0 spiro atoms. The van der Waals surface area contributed by atoms with Gasteiger partial charge in [0.1, 0.15) is 5.75 Å². The van der Waals surface area contributed by atoms with Gasteiger partial charge < -0.3 is 20.5 Å². The molecule has 0 bridgehead atoms. The van der Waals surface area contributed by atoms with Crippen molar-refractivity contribution in [3.63, 3.8) is 0 Å². The molecule has 1 fully saturated rings. The Morgan fingerprint density at radius 2 is 2.30 bits per heavy atom. The summed E-state index contributed by atoms with van der Waals surface area (Å²) in [6.07, 6.45) is 2.18. The molecule has 1 aromatic rings. The second-order valence-electron chi connectivity index (χ2n) is 4.99. The smallest absolute Gasteiger partial charge is 0.257 e. The maximum atomic E-state index is 11.8. The van der Waals surface area contributed by atoms with Crippen molar-refractivity contribution >= 4 is 5.91 Å². The van der Waals surface area contributed by atoms with Gasteiger partial charge in [-0.05, 0) is 24.8 Å². The summed E-state index contributed by atoms with van der Waals surface area (Å²) in [6.45, 7) is 2.64. The van der Waals surface area contributed by atoms with E-state index in [9.17, 15) is 4.79 Å². The Kier molecular flexibility index (Phi) is 5.83. The molecular formula is C15H22N2O3. The lowest BCUT2D eigenvalue weighted by molar-refractivity contribution is -0.123. The van der Waals surface area contributed by atoms with E-state index in [2.05, 4.69) is 5.32 Å². The number of nitrogens with two attached hydrogens (primary N) is 1. The van der Waals surface area contributed by atoms with Gasteiger partial charge in [0.15, 0.2) is 6.61 Å². The van der Waals surface area contributed by atoms with Gasteiger partial charge in [-0.3, -0.25) is 4.79 Å². The van der Waals surface area contributed by atoms with Crippen molar-refractivity contribution in [3.8, 4) is 5.75 Å². The second kappa shape index (κ2) is 7.87. The minimum absolute atomic E-state index is 0.0184. The van der Waals surface area contributed by atoms with Gasteiger partial charge in [0.05, 0.1) is 6.61 Å².